The summed E-state index contributed by atoms with van der Waals surface area (Å²) in [5, 5.41) is 3.38. The van der Waals surface area contributed by atoms with Crippen LogP contribution in [0.1, 0.15) is 51.4 Å². The first kappa shape index (κ1) is 21.5. The Labute approximate surface area is 169 Å². The lowest BCUT2D eigenvalue weighted by Gasteiger charge is -2.23. The van der Waals surface area contributed by atoms with Crippen molar-refractivity contribution in [2.45, 2.75) is 70.0 Å². The van der Waals surface area contributed by atoms with Gasteiger partial charge in [0.1, 0.15) is 0 Å². The maximum atomic E-state index is 12.4. The number of rotatable bonds is 7. The minimum absolute atomic E-state index is 0. The maximum absolute atomic E-state index is 12.4. The molecular weight excluding hydrogens is 371 g/mol. The minimum atomic E-state index is 0. The second-order valence-corrected chi connectivity index (χ2v) is 7.97. The molecule has 0 unspecified atom stereocenters. The van der Waals surface area contributed by atoms with E-state index in [4.69, 9.17) is 0 Å². The molecule has 0 bridgehead atoms. The first-order valence-corrected chi connectivity index (χ1v) is 9.79. The van der Waals surface area contributed by atoms with Gasteiger partial charge in [-0.25, -0.2) is 4.98 Å². The van der Waals surface area contributed by atoms with Gasteiger partial charge < -0.3 is 9.88 Å². The number of hydrogen-bond donors (Lipinski definition) is 1. The normalized spacial score (nSPS) is 26.3. The molecule has 1 aliphatic heterocycles. The molecule has 1 amide bonds. The van der Waals surface area contributed by atoms with Gasteiger partial charge in [0.15, 0.2) is 0 Å². The molecule has 0 spiro atoms. The van der Waals surface area contributed by atoms with Crippen LogP contribution in [0, 0.1) is 11.8 Å². The molecule has 4 rings (SSSR count). The van der Waals surface area contributed by atoms with E-state index in [0.717, 1.165) is 31.5 Å². The molecule has 2 aliphatic carbocycles. The Balaban J connectivity index is 0.00000121. The van der Waals surface area contributed by atoms with Gasteiger partial charge >= 0.3 is 0 Å². The summed E-state index contributed by atoms with van der Waals surface area (Å²) in [6.07, 6.45) is 15.3. The van der Waals surface area contributed by atoms with Crippen molar-refractivity contribution < 1.29 is 4.79 Å². The number of nitrogens with zero attached hydrogens (tertiary/aromatic N) is 3. The number of carbonyl (C=O) groups excluding carboxylic acids is 1. The predicted molar refractivity (Wildman–Crippen MR) is 108 cm³/mol. The van der Waals surface area contributed by atoms with Crippen LogP contribution in [0.3, 0.4) is 0 Å². The third-order valence-corrected chi connectivity index (χ3v) is 6.19. The van der Waals surface area contributed by atoms with Gasteiger partial charge in [-0.1, -0.05) is 12.8 Å². The van der Waals surface area contributed by atoms with E-state index < -0.39 is 0 Å². The van der Waals surface area contributed by atoms with Gasteiger partial charge in [0.2, 0.25) is 5.91 Å². The van der Waals surface area contributed by atoms with E-state index in [1.807, 2.05) is 17.1 Å². The predicted octanol–water partition coefficient (Wildman–Crippen LogP) is 3.28. The van der Waals surface area contributed by atoms with Crippen molar-refractivity contribution in [2.75, 3.05) is 13.1 Å². The highest BCUT2D eigenvalue weighted by Gasteiger charge is 2.44. The average molecular weight is 403 g/mol. The molecule has 26 heavy (non-hydrogen) atoms. The molecule has 1 N–H and O–H groups in total. The summed E-state index contributed by atoms with van der Waals surface area (Å²) in [5.74, 6) is 1.80. The summed E-state index contributed by atoms with van der Waals surface area (Å²) >= 11 is 0. The standard InChI is InChI=1S/C19H30N4O.2ClH/c24-19(6-3-10-22-11-9-20-14-22)21-18-13-23(16-4-1-2-5-16)12-17(18)15-7-8-15;;/h9,11,14-18H,1-8,10,12-13H2,(H,21,24);2*1H/t17-,18+;;/m1../s1. The highest BCUT2D eigenvalue weighted by atomic mass is 35.5. The fourth-order valence-electron chi connectivity index (χ4n) is 4.70. The first-order valence-electron chi connectivity index (χ1n) is 9.79. The molecule has 2 heterocycles. The second-order valence-electron chi connectivity index (χ2n) is 7.97. The van der Waals surface area contributed by atoms with Gasteiger partial charge in [-0.3, -0.25) is 9.69 Å². The highest BCUT2D eigenvalue weighted by Crippen LogP contribution is 2.42. The van der Waals surface area contributed by atoms with Crippen molar-refractivity contribution in [3.8, 4) is 0 Å². The molecule has 3 aliphatic rings. The van der Waals surface area contributed by atoms with Crippen LogP contribution in [-0.2, 0) is 11.3 Å². The molecule has 7 heteroatoms. The molecule has 1 aromatic heterocycles. The van der Waals surface area contributed by atoms with E-state index in [1.54, 1.807) is 6.20 Å². The molecule has 1 saturated heterocycles. The van der Waals surface area contributed by atoms with Crippen LogP contribution in [0.25, 0.3) is 0 Å². The molecular formula is C19H32Cl2N4O. The van der Waals surface area contributed by atoms with Crippen LogP contribution in [-0.4, -0.2) is 45.5 Å². The number of nitrogens with one attached hydrogen (secondary N) is 1. The van der Waals surface area contributed by atoms with E-state index in [9.17, 15) is 4.79 Å². The Morgan fingerprint density at radius 1 is 1.12 bits per heavy atom. The number of likely N-dealkylation sites (tertiary alicyclic amines) is 1. The zero-order valence-corrected chi connectivity index (χ0v) is 17.0. The fraction of sp³-hybridized carbons (Fsp3) is 0.789. The molecule has 2 saturated carbocycles. The lowest BCUT2D eigenvalue weighted by atomic mass is 9.98. The quantitative estimate of drug-likeness (QED) is 0.760. The molecule has 1 aromatic rings. The van der Waals surface area contributed by atoms with Gasteiger partial charge in [-0.15, -0.1) is 24.8 Å². The van der Waals surface area contributed by atoms with Crippen LogP contribution < -0.4 is 5.32 Å². The van der Waals surface area contributed by atoms with Crippen molar-refractivity contribution in [1.82, 2.24) is 19.8 Å². The zero-order chi connectivity index (χ0) is 16.4. The van der Waals surface area contributed by atoms with E-state index in [1.165, 1.54) is 45.1 Å². The van der Waals surface area contributed by atoms with Crippen molar-refractivity contribution >= 4 is 30.7 Å². The topological polar surface area (TPSA) is 50.2 Å². The third kappa shape index (κ3) is 5.37. The van der Waals surface area contributed by atoms with Crippen LogP contribution in [0.15, 0.2) is 18.7 Å². The molecule has 0 radical (unpaired) electrons. The van der Waals surface area contributed by atoms with Crippen molar-refractivity contribution in [3.05, 3.63) is 18.7 Å². The average Bonchev–Trinajstić information content (AvgIpc) is 3.01. The summed E-state index contributed by atoms with van der Waals surface area (Å²) < 4.78 is 2.04. The summed E-state index contributed by atoms with van der Waals surface area (Å²) in [6, 6.07) is 1.17. The van der Waals surface area contributed by atoms with E-state index in [0.29, 0.717) is 18.4 Å². The Morgan fingerprint density at radius 2 is 1.88 bits per heavy atom. The Hall–Kier alpha value is -0.780. The smallest absolute Gasteiger partial charge is 0.220 e. The highest BCUT2D eigenvalue weighted by molar-refractivity contribution is 5.85. The van der Waals surface area contributed by atoms with Crippen LogP contribution in [0.2, 0.25) is 0 Å². The number of amides is 1. The number of carbonyl (C=O) groups is 1. The molecule has 3 fully saturated rings. The number of imidazole rings is 1. The number of aryl methyl sites for hydroxylation is 1. The lowest BCUT2D eigenvalue weighted by molar-refractivity contribution is -0.122. The van der Waals surface area contributed by atoms with Crippen LogP contribution in [0.5, 0.6) is 0 Å². The summed E-state index contributed by atoms with van der Waals surface area (Å²) in [6.45, 7) is 3.17. The largest absolute Gasteiger partial charge is 0.352 e. The first-order chi connectivity index (χ1) is 11.8. The van der Waals surface area contributed by atoms with Crippen molar-refractivity contribution in [3.63, 3.8) is 0 Å². The molecule has 5 nitrogen and oxygen atoms in total. The Bertz CT molecular complexity index is 544. The lowest BCUT2D eigenvalue weighted by Crippen LogP contribution is -2.41. The summed E-state index contributed by atoms with van der Waals surface area (Å²) in [7, 11) is 0. The van der Waals surface area contributed by atoms with Gasteiger partial charge in [0, 0.05) is 50.5 Å². The molecule has 2 atom stereocenters. The fourth-order valence-corrected chi connectivity index (χ4v) is 4.70. The number of aromatic nitrogens is 2. The van der Waals surface area contributed by atoms with Crippen LogP contribution in [0.4, 0.5) is 0 Å². The summed E-state index contributed by atoms with van der Waals surface area (Å²) in [5.41, 5.74) is 0. The summed E-state index contributed by atoms with van der Waals surface area (Å²) in [4.78, 5) is 19.1. The SMILES string of the molecule is Cl.Cl.O=C(CCCn1ccnc1)N[C@H]1CN(C2CCCC2)C[C@@H]1C1CC1. The van der Waals surface area contributed by atoms with Gasteiger partial charge in [-0.05, 0) is 43.9 Å². The number of hydrogen-bond acceptors (Lipinski definition) is 3. The van der Waals surface area contributed by atoms with Crippen molar-refractivity contribution in [1.29, 1.82) is 0 Å². The Morgan fingerprint density at radius 3 is 2.54 bits per heavy atom. The zero-order valence-electron chi connectivity index (χ0n) is 15.4. The minimum Gasteiger partial charge on any atom is -0.352 e. The molecule has 148 valence electrons. The van der Waals surface area contributed by atoms with Gasteiger partial charge in [-0.2, -0.15) is 0 Å². The van der Waals surface area contributed by atoms with Crippen LogP contribution >= 0.6 is 24.8 Å². The maximum Gasteiger partial charge on any atom is 0.220 e. The second kappa shape index (κ2) is 9.95. The molecule has 0 aromatic carbocycles. The van der Waals surface area contributed by atoms with E-state index in [-0.39, 0.29) is 30.7 Å². The van der Waals surface area contributed by atoms with Gasteiger partial charge in [0.05, 0.1) is 6.33 Å². The van der Waals surface area contributed by atoms with E-state index >= 15 is 0 Å². The Kier molecular flexibility index (Phi) is 8.24. The number of halogens is 2. The van der Waals surface area contributed by atoms with Crippen molar-refractivity contribution in [2.24, 2.45) is 11.8 Å². The monoisotopic (exact) mass is 402 g/mol. The van der Waals surface area contributed by atoms with E-state index in [2.05, 4.69) is 15.2 Å². The third-order valence-electron chi connectivity index (χ3n) is 6.19. The van der Waals surface area contributed by atoms with Gasteiger partial charge in [0.25, 0.3) is 0 Å².